The highest BCUT2D eigenvalue weighted by atomic mass is 19.4. The zero-order valence-electron chi connectivity index (χ0n) is 24.9. The Balaban J connectivity index is 1.63. The summed E-state index contributed by atoms with van der Waals surface area (Å²) in [5.74, 6) is 0. The molecule has 48 heavy (non-hydrogen) atoms. The Morgan fingerprint density at radius 3 is 1.38 bits per heavy atom. The summed E-state index contributed by atoms with van der Waals surface area (Å²) in [6.07, 6.45) is -4.69. The maximum Gasteiger partial charge on any atom is 0.417 e. The number of nitriles is 3. The fourth-order valence-corrected chi connectivity index (χ4v) is 6.86. The molecular formula is C40H20F3N5. The van der Waals surface area contributed by atoms with E-state index in [1.54, 1.807) is 54.6 Å². The van der Waals surface area contributed by atoms with Crippen molar-refractivity contribution in [2.45, 2.75) is 6.18 Å². The van der Waals surface area contributed by atoms with Gasteiger partial charge in [-0.25, -0.2) is 0 Å². The van der Waals surface area contributed by atoms with E-state index < -0.39 is 11.7 Å². The second kappa shape index (κ2) is 10.6. The predicted molar refractivity (Wildman–Crippen MR) is 180 cm³/mol. The van der Waals surface area contributed by atoms with Gasteiger partial charge in [-0.05, 0) is 72.3 Å². The van der Waals surface area contributed by atoms with Gasteiger partial charge in [-0.1, -0.05) is 54.6 Å². The largest absolute Gasteiger partial charge is 0.417 e. The molecule has 0 unspecified atom stereocenters. The number of alkyl halides is 3. The highest BCUT2D eigenvalue weighted by Gasteiger charge is 2.35. The third-order valence-corrected chi connectivity index (χ3v) is 8.81. The second-order valence-electron chi connectivity index (χ2n) is 11.4. The molecule has 0 N–H and O–H groups in total. The van der Waals surface area contributed by atoms with Crippen LogP contribution >= 0.6 is 0 Å². The van der Waals surface area contributed by atoms with Crippen LogP contribution in [-0.2, 0) is 6.18 Å². The topological polar surface area (TPSA) is 81.2 Å². The van der Waals surface area contributed by atoms with E-state index in [2.05, 4.69) is 18.2 Å². The van der Waals surface area contributed by atoms with Gasteiger partial charge in [0, 0.05) is 27.1 Å². The van der Waals surface area contributed by atoms with Crippen molar-refractivity contribution >= 4 is 43.6 Å². The average Bonchev–Trinajstić information content (AvgIpc) is 3.62. The quantitative estimate of drug-likeness (QED) is 0.195. The first kappa shape index (κ1) is 28.6. The van der Waals surface area contributed by atoms with Crippen LogP contribution in [0.15, 0.2) is 121 Å². The van der Waals surface area contributed by atoms with E-state index in [0.29, 0.717) is 44.6 Å². The molecule has 0 radical (unpaired) electrons. The van der Waals surface area contributed by atoms with Crippen molar-refractivity contribution in [3.63, 3.8) is 0 Å². The smallest absolute Gasteiger partial charge is 0.308 e. The maximum atomic E-state index is 14.9. The molecule has 0 aliphatic carbocycles. The highest BCUT2D eigenvalue weighted by Crippen LogP contribution is 2.46. The van der Waals surface area contributed by atoms with Crippen LogP contribution in [0, 0.1) is 34.0 Å². The third-order valence-electron chi connectivity index (χ3n) is 8.81. The van der Waals surface area contributed by atoms with Gasteiger partial charge in [0.1, 0.15) is 0 Å². The van der Waals surface area contributed by atoms with E-state index in [4.69, 9.17) is 0 Å². The summed E-state index contributed by atoms with van der Waals surface area (Å²) >= 11 is 0. The fourth-order valence-electron chi connectivity index (χ4n) is 6.86. The fraction of sp³-hybridized carbons (Fsp3) is 0.0250. The summed E-state index contributed by atoms with van der Waals surface area (Å²) in [5, 5.41) is 32.9. The van der Waals surface area contributed by atoms with Crippen molar-refractivity contribution in [2.75, 3.05) is 0 Å². The molecular weight excluding hydrogens is 607 g/mol. The lowest BCUT2D eigenvalue weighted by Crippen LogP contribution is -2.10. The number of aromatic nitrogens is 2. The molecule has 0 aliphatic rings. The molecule has 0 atom stereocenters. The predicted octanol–water partition coefficient (Wildman–Crippen LogP) is 10.2. The van der Waals surface area contributed by atoms with Crippen LogP contribution < -0.4 is 0 Å². The molecule has 0 fully saturated rings. The standard InChI is InChI=1S/C40H20F3N5/c41-40(42,43)32-10-4-1-9-29(32)39-37(47-33-11-5-2-7-27(33)30-17-24(21-44)13-15-35(30)47)19-26(23-46)20-38(39)48-34-12-6-3-8-28(34)31-18-25(22-45)14-16-36(31)48/h1-20H. The summed E-state index contributed by atoms with van der Waals surface area (Å²) in [5.41, 5.74) is 4.01. The molecule has 2 aromatic heterocycles. The minimum atomic E-state index is -4.69. The van der Waals surface area contributed by atoms with Crippen molar-refractivity contribution in [1.82, 2.24) is 9.13 Å². The lowest BCUT2D eigenvalue weighted by Gasteiger charge is -2.23. The molecule has 0 bridgehead atoms. The van der Waals surface area contributed by atoms with Gasteiger partial charge in [-0.15, -0.1) is 0 Å². The highest BCUT2D eigenvalue weighted by molar-refractivity contribution is 6.12. The second-order valence-corrected chi connectivity index (χ2v) is 11.4. The molecule has 0 amide bonds. The SMILES string of the molecule is N#Cc1cc(-n2c3ccccc3c3cc(C#N)ccc32)c(-c2ccccc2C(F)(F)F)c(-n2c3ccccc3c3cc(C#N)ccc32)c1. The van der Waals surface area contributed by atoms with Gasteiger partial charge in [0.2, 0.25) is 0 Å². The first-order chi connectivity index (χ1) is 23.3. The molecule has 0 aliphatic heterocycles. The Hall–Kier alpha value is -6.82. The maximum absolute atomic E-state index is 14.9. The molecule has 0 saturated heterocycles. The van der Waals surface area contributed by atoms with Crippen molar-refractivity contribution in [2.24, 2.45) is 0 Å². The number of fused-ring (bicyclic) bond motifs is 6. The zero-order chi connectivity index (χ0) is 33.2. The van der Waals surface area contributed by atoms with Crippen molar-refractivity contribution in [3.05, 3.63) is 144 Å². The van der Waals surface area contributed by atoms with E-state index in [1.807, 2.05) is 57.7 Å². The summed E-state index contributed by atoms with van der Waals surface area (Å²) in [6.45, 7) is 0. The third kappa shape index (κ3) is 4.23. The van der Waals surface area contributed by atoms with Crippen LogP contribution in [0.3, 0.4) is 0 Å². The first-order valence-corrected chi connectivity index (χ1v) is 14.9. The Kier molecular flexibility index (Phi) is 6.34. The first-order valence-electron chi connectivity index (χ1n) is 14.9. The Morgan fingerprint density at radius 1 is 0.458 bits per heavy atom. The van der Waals surface area contributed by atoms with E-state index in [9.17, 15) is 29.0 Å². The molecule has 8 heteroatoms. The lowest BCUT2D eigenvalue weighted by molar-refractivity contribution is -0.137. The monoisotopic (exact) mass is 627 g/mol. The van der Waals surface area contributed by atoms with Crippen LogP contribution in [0.5, 0.6) is 0 Å². The number of halogens is 3. The van der Waals surface area contributed by atoms with Gasteiger partial charge >= 0.3 is 6.18 Å². The van der Waals surface area contributed by atoms with Crippen molar-refractivity contribution in [3.8, 4) is 40.7 Å². The molecule has 6 aromatic carbocycles. The number of para-hydroxylation sites is 2. The normalized spacial score (nSPS) is 11.6. The molecule has 226 valence electrons. The van der Waals surface area contributed by atoms with Crippen molar-refractivity contribution in [1.29, 1.82) is 15.8 Å². The Morgan fingerprint density at radius 2 is 0.896 bits per heavy atom. The summed E-state index contributed by atoms with van der Waals surface area (Å²) in [6, 6.07) is 40.8. The number of nitrogens with zero attached hydrogens (tertiary/aromatic N) is 5. The van der Waals surface area contributed by atoms with Gasteiger partial charge in [0.25, 0.3) is 0 Å². The van der Waals surface area contributed by atoms with Gasteiger partial charge in [-0.2, -0.15) is 29.0 Å². The molecule has 0 saturated carbocycles. The van der Waals surface area contributed by atoms with Gasteiger partial charge in [0.05, 0.1) is 73.9 Å². The van der Waals surface area contributed by atoms with Gasteiger partial charge in [0.15, 0.2) is 0 Å². The van der Waals surface area contributed by atoms with Crippen molar-refractivity contribution < 1.29 is 13.2 Å². The number of hydrogen-bond acceptors (Lipinski definition) is 3. The van der Waals surface area contributed by atoms with Gasteiger partial charge < -0.3 is 9.13 Å². The van der Waals surface area contributed by atoms with Crippen LogP contribution in [0.25, 0.3) is 66.1 Å². The minimum Gasteiger partial charge on any atom is -0.308 e. The van der Waals surface area contributed by atoms with Crippen LogP contribution in [0.2, 0.25) is 0 Å². The van der Waals surface area contributed by atoms with E-state index in [-0.39, 0.29) is 16.7 Å². The minimum absolute atomic E-state index is 0.0568. The summed E-state index contributed by atoms with van der Waals surface area (Å²) in [7, 11) is 0. The number of rotatable bonds is 3. The van der Waals surface area contributed by atoms with Crippen LogP contribution in [-0.4, -0.2) is 9.13 Å². The molecule has 2 heterocycles. The summed E-state index contributed by atoms with van der Waals surface area (Å²) in [4.78, 5) is 0. The average molecular weight is 628 g/mol. The number of benzene rings is 6. The molecule has 0 spiro atoms. The molecule has 8 aromatic rings. The summed E-state index contributed by atoms with van der Waals surface area (Å²) < 4.78 is 48.4. The lowest BCUT2D eigenvalue weighted by atomic mass is 9.94. The van der Waals surface area contributed by atoms with E-state index >= 15 is 0 Å². The van der Waals surface area contributed by atoms with Crippen LogP contribution in [0.4, 0.5) is 13.2 Å². The van der Waals surface area contributed by atoms with E-state index in [1.165, 1.54) is 12.1 Å². The molecule has 5 nitrogen and oxygen atoms in total. The Bertz CT molecular complexity index is 2610. The zero-order valence-corrected chi connectivity index (χ0v) is 24.9. The molecule has 8 rings (SSSR count). The van der Waals surface area contributed by atoms with Gasteiger partial charge in [-0.3, -0.25) is 0 Å². The Labute approximate surface area is 271 Å². The number of hydrogen-bond donors (Lipinski definition) is 0. The van der Waals surface area contributed by atoms with E-state index in [0.717, 1.165) is 27.6 Å². The van der Waals surface area contributed by atoms with Crippen LogP contribution in [0.1, 0.15) is 22.3 Å².